The fourth-order valence-electron chi connectivity index (χ4n) is 1.70. The highest BCUT2D eigenvalue weighted by Crippen LogP contribution is 2.16. The monoisotopic (exact) mass is 277 g/mol. The van der Waals surface area contributed by atoms with E-state index in [0.29, 0.717) is 18.4 Å². The van der Waals surface area contributed by atoms with E-state index in [1.54, 1.807) is 0 Å². The number of nitrogens with zero attached hydrogens (tertiary/aromatic N) is 1. The predicted molar refractivity (Wildman–Crippen MR) is 64.3 cm³/mol. The van der Waals surface area contributed by atoms with E-state index in [1.165, 1.54) is 6.42 Å². The quantitative estimate of drug-likeness (QED) is 0.743. The van der Waals surface area contributed by atoms with E-state index in [-0.39, 0.29) is 6.09 Å². The van der Waals surface area contributed by atoms with Crippen LogP contribution < -0.4 is 0 Å². The molecule has 1 fully saturated rings. The van der Waals surface area contributed by atoms with E-state index in [1.807, 2.05) is 4.90 Å². The summed E-state index contributed by atoms with van der Waals surface area (Å²) >= 11 is 3.37. The zero-order valence-electron chi connectivity index (χ0n) is 9.54. The summed E-state index contributed by atoms with van der Waals surface area (Å²) < 4.78 is 5.24. The molecule has 0 aliphatic carbocycles. The first-order chi connectivity index (χ1) is 7.13. The molecule has 15 heavy (non-hydrogen) atoms. The van der Waals surface area contributed by atoms with Crippen molar-refractivity contribution in [2.75, 3.05) is 25.0 Å². The van der Waals surface area contributed by atoms with Gasteiger partial charge in [-0.15, -0.1) is 0 Å². The van der Waals surface area contributed by atoms with Gasteiger partial charge in [0, 0.05) is 24.3 Å². The first-order valence-electron chi connectivity index (χ1n) is 5.61. The maximum Gasteiger partial charge on any atom is 0.409 e. The molecule has 1 rings (SSSR count). The number of halogens is 1. The number of hydrogen-bond acceptors (Lipinski definition) is 2. The average Bonchev–Trinajstić information content (AvgIpc) is 2.25. The maximum absolute atomic E-state index is 11.7. The van der Waals surface area contributed by atoms with Crippen molar-refractivity contribution in [3.8, 4) is 0 Å². The minimum Gasteiger partial charge on any atom is -0.449 e. The van der Waals surface area contributed by atoms with E-state index < -0.39 is 0 Å². The van der Waals surface area contributed by atoms with Crippen LogP contribution in [0.2, 0.25) is 0 Å². The van der Waals surface area contributed by atoms with Crippen LogP contribution in [0, 0.1) is 11.8 Å². The molecule has 0 aromatic carbocycles. The Balaban J connectivity index is 2.26. The molecule has 0 spiro atoms. The van der Waals surface area contributed by atoms with Gasteiger partial charge in [-0.25, -0.2) is 4.79 Å². The molecule has 2 atom stereocenters. The second-order valence-electron chi connectivity index (χ2n) is 4.53. The number of likely N-dealkylation sites (tertiary alicyclic amines) is 1. The van der Waals surface area contributed by atoms with Crippen LogP contribution in [-0.2, 0) is 4.74 Å². The van der Waals surface area contributed by atoms with Crippen LogP contribution in [0.15, 0.2) is 0 Å². The van der Waals surface area contributed by atoms with E-state index in [4.69, 9.17) is 4.74 Å². The molecule has 0 aromatic heterocycles. The Kier molecular flexibility index (Phi) is 5.43. The Labute approximate surface area is 100 Å². The number of alkyl halides is 1. The molecule has 0 aromatic rings. The molecule has 1 amide bonds. The molecular weight excluding hydrogens is 258 g/mol. The van der Waals surface area contributed by atoms with Gasteiger partial charge in [0.15, 0.2) is 0 Å². The normalized spacial score (nSPS) is 23.7. The standard InChI is InChI=1S/C11H20BrNO2/c1-9-4-3-5-13(7-9)11(14)15-8-10(2)6-12/h9-10H,3-8H2,1-2H3. The van der Waals surface area contributed by atoms with Gasteiger partial charge in [-0.05, 0) is 18.8 Å². The third-order valence-electron chi connectivity index (χ3n) is 2.67. The van der Waals surface area contributed by atoms with E-state index in [0.717, 1.165) is 24.8 Å². The molecule has 3 nitrogen and oxygen atoms in total. The number of rotatable bonds is 3. The lowest BCUT2D eigenvalue weighted by Gasteiger charge is -2.30. The molecule has 0 saturated carbocycles. The van der Waals surface area contributed by atoms with Gasteiger partial charge in [0.2, 0.25) is 0 Å². The van der Waals surface area contributed by atoms with E-state index in [9.17, 15) is 4.79 Å². The van der Waals surface area contributed by atoms with Crippen LogP contribution in [0.25, 0.3) is 0 Å². The van der Waals surface area contributed by atoms with E-state index >= 15 is 0 Å². The van der Waals surface area contributed by atoms with Crippen molar-refractivity contribution in [2.24, 2.45) is 11.8 Å². The highest BCUT2D eigenvalue weighted by Gasteiger charge is 2.22. The minimum atomic E-state index is -0.144. The van der Waals surface area contributed by atoms with Crippen molar-refractivity contribution in [3.63, 3.8) is 0 Å². The molecule has 1 aliphatic rings. The molecule has 0 radical (unpaired) electrons. The summed E-state index contributed by atoms with van der Waals surface area (Å²) in [5.41, 5.74) is 0. The molecular formula is C11H20BrNO2. The summed E-state index contributed by atoms with van der Waals surface area (Å²) in [6.45, 7) is 6.45. The average molecular weight is 278 g/mol. The summed E-state index contributed by atoms with van der Waals surface area (Å²) in [5.74, 6) is 0.996. The molecule has 1 aliphatic heterocycles. The summed E-state index contributed by atoms with van der Waals surface area (Å²) in [6, 6.07) is 0. The van der Waals surface area contributed by atoms with Crippen molar-refractivity contribution in [1.82, 2.24) is 4.90 Å². The van der Waals surface area contributed by atoms with Gasteiger partial charge in [0.25, 0.3) is 0 Å². The summed E-state index contributed by atoms with van der Waals surface area (Å²) in [4.78, 5) is 13.5. The second kappa shape index (κ2) is 6.36. The number of ether oxygens (including phenoxy) is 1. The molecule has 1 saturated heterocycles. The van der Waals surface area contributed by atoms with Crippen LogP contribution >= 0.6 is 15.9 Å². The Bertz CT molecular complexity index is 211. The predicted octanol–water partition coefficient (Wildman–Crippen LogP) is 2.89. The van der Waals surface area contributed by atoms with Crippen LogP contribution in [-0.4, -0.2) is 36.0 Å². The topological polar surface area (TPSA) is 29.5 Å². The van der Waals surface area contributed by atoms with Gasteiger partial charge in [-0.3, -0.25) is 0 Å². The molecule has 0 N–H and O–H groups in total. The zero-order valence-corrected chi connectivity index (χ0v) is 11.1. The first-order valence-corrected chi connectivity index (χ1v) is 6.73. The first kappa shape index (κ1) is 12.8. The number of amides is 1. The zero-order chi connectivity index (χ0) is 11.3. The minimum absolute atomic E-state index is 0.144. The van der Waals surface area contributed by atoms with Crippen LogP contribution in [0.1, 0.15) is 26.7 Å². The fourth-order valence-corrected chi connectivity index (χ4v) is 1.89. The smallest absolute Gasteiger partial charge is 0.409 e. The maximum atomic E-state index is 11.7. The molecule has 2 unspecified atom stereocenters. The van der Waals surface area contributed by atoms with Gasteiger partial charge in [-0.2, -0.15) is 0 Å². The Hall–Kier alpha value is -0.250. The van der Waals surface area contributed by atoms with Gasteiger partial charge in [0.1, 0.15) is 0 Å². The Morgan fingerprint density at radius 3 is 3.00 bits per heavy atom. The van der Waals surface area contributed by atoms with Gasteiger partial charge in [0.05, 0.1) is 6.61 Å². The fraction of sp³-hybridized carbons (Fsp3) is 0.909. The van der Waals surface area contributed by atoms with Gasteiger partial charge in [-0.1, -0.05) is 29.8 Å². The van der Waals surface area contributed by atoms with Crippen LogP contribution in [0.5, 0.6) is 0 Å². The van der Waals surface area contributed by atoms with Crippen molar-refractivity contribution in [1.29, 1.82) is 0 Å². The highest BCUT2D eigenvalue weighted by atomic mass is 79.9. The largest absolute Gasteiger partial charge is 0.449 e. The summed E-state index contributed by atoms with van der Waals surface area (Å²) in [5, 5.41) is 0.872. The SMILES string of the molecule is CC(CBr)COC(=O)N1CCCC(C)C1. The van der Waals surface area contributed by atoms with Gasteiger partial charge < -0.3 is 9.64 Å². The second-order valence-corrected chi connectivity index (χ2v) is 5.18. The van der Waals surface area contributed by atoms with Crippen molar-refractivity contribution < 1.29 is 9.53 Å². The molecule has 88 valence electrons. The van der Waals surface area contributed by atoms with Crippen LogP contribution in [0.3, 0.4) is 0 Å². The van der Waals surface area contributed by atoms with Crippen molar-refractivity contribution in [3.05, 3.63) is 0 Å². The Morgan fingerprint density at radius 2 is 2.40 bits per heavy atom. The number of carbonyl (C=O) groups is 1. The number of piperidine rings is 1. The highest BCUT2D eigenvalue weighted by molar-refractivity contribution is 9.09. The van der Waals surface area contributed by atoms with E-state index in [2.05, 4.69) is 29.8 Å². The number of hydrogen-bond donors (Lipinski definition) is 0. The van der Waals surface area contributed by atoms with Crippen molar-refractivity contribution >= 4 is 22.0 Å². The third-order valence-corrected chi connectivity index (χ3v) is 3.78. The molecule has 4 heteroatoms. The lowest BCUT2D eigenvalue weighted by Crippen LogP contribution is -2.39. The van der Waals surface area contributed by atoms with Crippen LogP contribution in [0.4, 0.5) is 4.79 Å². The lowest BCUT2D eigenvalue weighted by atomic mass is 10.0. The third kappa shape index (κ3) is 4.41. The van der Waals surface area contributed by atoms with Crippen molar-refractivity contribution in [2.45, 2.75) is 26.7 Å². The van der Waals surface area contributed by atoms with Gasteiger partial charge >= 0.3 is 6.09 Å². The molecule has 0 bridgehead atoms. The summed E-state index contributed by atoms with van der Waals surface area (Å²) in [6.07, 6.45) is 2.18. The Morgan fingerprint density at radius 1 is 1.67 bits per heavy atom. The summed E-state index contributed by atoms with van der Waals surface area (Å²) in [7, 11) is 0. The molecule has 1 heterocycles. The number of carbonyl (C=O) groups excluding carboxylic acids is 1. The lowest BCUT2D eigenvalue weighted by molar-refractivity contribution is 0.0783.